The first-order valence-electron chi connectivity index (χ1n) is 7.19. The third kappa shape index (κ3) is 5.53. The SMILES string of the molecule is COc1ccc(CN(C)CCNCc2cccnc2)cc1. The molecule has 2 rings (SSSR count). The number of ether oxygens (including phenoxy) is 1. The van der Waals surface area contributed by atoms with Crippen LogP contribution in [0.25, 0.3) is 0 Å². The van der Waals surface area contributed by atoms with Gasteiger partial charge in [0.15, 0.2) is 0 Å². The van der Waals surface area contributed by atoms with E-state index in [9.17, 15) is 0 Å². The Morgan fingerprint density at radius 2 is 1.95 bits per heavy atom. The standard InChI is InChI=1S/C17H23N3O/c1-20(14-15-5-7-17(21-2)8-6-15)11-10-19-13-16-4-3-9-18-12-16/h3-9,12,19H,10-11,13-14H2,1-2H3. The van der Waals surface area contributed by atoms with Crippen molar-refractivity contribution in [2.45, 2.75) is 13.1 Å². The molecule has 1 aromatic heterocycles. The van der Waals surface area contributed by atoms with Gasteiger partial charge in [-0.25, -0.2) is 0 Å². The molecule has 112 valence electrons. The molecule has 0 aliphatic rings. The van der Waals surface area contributed by atoms with Crippen LogP contribution in [-0.2, 0) is 13.1 Å². The van der Waals surface area contributed by atoms with Gasteiger partial charge >= 0.3 is 0 Å². The Labute approximate surface area is 126 Å². The van der Waals surface area contributed by atoms with Crippen molar-refractivity contribution in [3.63, 3.8) is 0 Å². The van der Waals surface area contributed by atoms with E-state index in [1.807, 2.05) is 24.4 Å². The smallest absolute Gasteiger partial charge is 0.118 e. The molecule has 1 heterocycles. The molecule has 0 saturated carbocycles. The van der Waals surface area contributed by atoms with E-state index in [2.05, 4.69) is 40.4 Å². The number of hydrogen-bond donors (Lipinski definition) is 1. The molecule has 0 bridgehead atoms. The zero-order valence-electron chi connectivity index (χ0n) is 12.7. The third-order valence-electron chi connectivity index (χ3n) is 3.33. The topological polar surface area (TPSA) is 37.4 Å². The summed E-state index contributed by atoms with van der Waals surface area (Å²) in [5, 5.41) is 3.43. The van der Waals surface area contributed by atoms with Crippen molar-refractivity contribution >= 4 is 0 Å². The predicted octanol–water partition coefficient (Wildman–Crippen LogP) is 2.31. The van der Waals surface area contributed by atoms with Crippen LogP contribution in [-0.4, -0.2) is 37.1 Å². The first-order chi connectivity index (χ1) is 10.3. The van der Waals surface area contributed by atoms with Crippen molar-refractivity contribution in [2.24, 2.45) is 0 Å². The van der Waals surface area contributed by atoms with Crippen LogP contribution in [0.3, 0.4) is 0 Å². The first-order valence-corrected chi connectivity index (χ1v) is 7.19. The summed E-state index contributed by atoms with van der Waals surface area (Å²) in [6, 6.07) is 12.3. The van der Waals surface area contributed by atoms with Gasteiger partial charge in [-0.05, 0) is 36.4 Å². The highest BCUT2D eigenvalue weighted by Crippen LogP contribution is 2.12. The lowest BCUT2D eigenvalue weighted by atomic mass is 10.2. The summed E-state index contributed by atoms with van der Waals surface area (Å²) in [4.78, 5) is 6.41. The monoisotopic (exact) mass is 285 g/mol. The number of aromatic nitrogens is 1. The van der Waals surface area contributed by atoms with Gasteiger partial charge in [-0.15, -0.1) is 0 Å². The molecule has 2 aromatic rings. The zero-order chi connectivity index (χ0) is 14.9. The third-order valence-corrected chi connectivity index (χ3v) is 3.33. The lowest BCUT2D eigenvalue weighted by Crippen LogP contribution is -2.28. The summed E-state index contributed by atoms with van der Waals surface area (Å²) >= 11 is 0. The molecule has 0 aliphatic carbocycles. The second-order valence-corrected chi connectivity index (χ2v) is 5.12. The highest BCUT2D eigenvalue weighted by molar-refractivity contribution is 5.27. The molecule has 4 heteroatoms. The van der Waals surface area contributed by atoms with E-state index >= 15 is 0 Å². The Kier molecular flexibility index (Phi) is 6.19. The predicted molar refractivity (Wildman–Crippen MR) is 85.3 cm³/mol. The number of pyridine rings is 1. The van der Waals surface area contributed by atoms with E-state index in [1.54, 1.807) is 13.3 Å². The van der Waals surface area contributed by atoms with Crippen LogP contribution in [0.15, 0.2) is 48.8 Å². The van der Waals surface area contributed by atoms with E-state index in [4.69, 9.17) is 4.74 Å². The largest absolute Gasteiger partial charge is 0.497 e. The fourth-order valence-electron chi connectivity index (χ4n) is 2.13. The van der Waals surface area contributed by atoms with Gasteiger partial charge in [0.2, 0.25) is 0 Å². The van der Waals surface area contributed by atoms with Gasteiger partial charge in [0.1, 0.15) is 5.75 Å². The maximum absolute atomic E-state index is 5.17. The van der Waals surface area contributed by atoms with Crippen LogP contribution in [0.1, 0.15) is 11.1 Å². The van der Waals surface area contributed by atoms with Crippen molar-refractivity contribution < 1.29 is 4.74 Å². The zero-order valence-corrected chi connectivity index (χ0v) is 12.7. The van der Waals surface area contributed by atoms with Crippen LogP contribution < -0.4 is 10.1 Å². The molecule has 0 amide bonds. The lowest BCUT2D eigenvalue weighted by molar-refractivity contribution is 0.324. The molecular formula is C17H23N3O. The Hall–Kier alpha value is -1.91. The summed E-state index contributed by atoms with van der Waals surface area (Å²) in [5.74, 6) is 0.902. The molecule has 0 fully saturated rings. The van der Waals surface area contributed by atoms with Gasteiger partial charge in [-0.1, -0.05) is 18.2 Å². The molecule has 0 unspecified atom stereocenters. The minimum Gasteiger partial charge on any atom is -0.497 e. The number of rotatable bonds is 8. The molecule has 0 atom stereocenters. The Morgan fingerprint density at radius 1 is 1.14 bits per heavy atom. The van der Waals surface area contributed by atoms with Crippen LogP contribution in [0.2, 0.25) is 0 Å². The highest BCUT2D eigenvalue weighted by Gasteiger charge is 2.01. The first kappa shape index (κ1) is 15.5. The average Bonchev–Trinajstić information content (AvgIpc) is 2.53. The Morgan fingerprint density at radius 3 is 2.62 bits per heavy atom. The lowest BCUT2D eigenvalue weighted by Gasteiger charge is -2.17. The molecule has 0 saturated heterocycles. The molecule has 1 aromatic carbocycles. The number of nitrogens with one attached hydrogen (secondary N) is 1. The van der Waals surface area contributed by atoms with Gasteiger partial charge < -0.3 is 15.0 Å². The van der Waals surface area contributed by atoms with Gasteiger partial charge in [0, 0.05) is 38.6 Å². The van der Waals surface area contributed by atoms with Crippen molar-refractivity contribution in [3.05, 3.63) is 59.9 Å². The molecule has 1 N–H and O–H groups in total. The average molecular weight is 285 g/mol. The summed E-state index contributed by atoms with van der Waals surface area (Å²) in [7, 11) is 3.82. The van der Waals surface area contributed by atoms with Gasteiger partial charge in [-0.2, -0.15) is 0 Å². The molecule has 0 radical (unpaired) electrons. The maximum atomic E-state index is 5.17. The summed E-state index contributed by atoms with van der Waals surface area (Å²) in [6.07, 6.45) is 3.69. The van der Waals surface area contributed by atoms with E-state index in [0.717, 1.165) is 31.9 Å². The van der Waals surface area contributed by atoms with Gasteiger partial charge in [-0.3, -0.25) is 4.98 Å². The molecule has 4 nitrogen and oxygen atoms in total. The molecule has 21 heavy (non-hydrogen) atoms. The number of methoxy groups -OCH3 is 1. The van der Waals surface area contributed by atoms with Gasteiger partial charge in [0.25, 0.3) is 0 Å². The quantitative estimate of drug-likeness (QED) is 0.755. The summed E-state index contributed by atoms with van der Waals surface area (Å²) in [5.41, 5.74) is 2.51. The number of nitrogens with zero attached hydrogens (tertiary/aromatic N) is 2. The van der Waals surface area contributed by atoms with E-state index in [-0.39, 0.29) is 0 Å². The number of likely N-dealkylation sites (N-methyl/N-ethyl adjacent to an activating group) is 1. The minimum absolute atomic E-state index is 0.865. The summed E-state index contributed by atoms with van der Waals surface area (Å²) < 4.78 is 5.17. The molecule has 0 aliphatic heterocycles. The molecular weight excluding hydrogens is 262 g/mol. The molecule has 0 spiro atoms. The fourth-order valence-corrected chi connectivity index (χ4v) is 2.13. The number of hydrogen-bond acceptors (Lipinski definition) is 4. The van der Waals surface area contributed by atoms with Crippen molar-refractivity contribution in [3.8, 4) is 5.75 Å². The number of benzene rings is 1. The van der Waals surface area contributed by atoms with E-state index in [0.29, 0.717) is 0 Å². The van der Waals surface area contributed by atoms with Crippen LogP contribution in [0.4, 0.5) is 0 Å². The fraction of sp³-hybridized carbons (Fsp3) is 0.353. The Bertz CT molecular complexity index is 513. The van der Waals surface area contributed by atoms with Crippen molar-refractivity contribution in [1.82, 2.24) is 15.2 Å². The summed E-state index contributed by atoms with van der Waals surface area (Å²) in [6.45, 7) is 3.77. The van der Waals surface area contributed by atoms with Crippen LogP contribution in [0, 0.1) is 0 Å². The van der Waals surface area contributed by atoms with Crippen molar-refractivity contribution in [1.29, 1.82) is 0 Å². The second-order valence-electron chi connectivity index (χ2n) is 5.12. The van der Waals surface area contributed by atoms with Gasteiger partial charge in [0.05, 0.1) is 7.11 Å². The second kappa shape index (κ2) is 8.39. The minimum atomic E-state index is 0.865. The van der Waals surface area contributed by atoms with Crippen molar-refractivity contribution in [2.75, 3.05) is 27.2 Å². The maximum Gasteiger partial charge on any atom is 0.118 e. The highest BCUT2D eigenvalue weighted by atomic mass is 16.5. The Balaban J connectivity index is 1.66. The van der Waals surface area contributed by atoms with Crippen LogP contribution >= 0.6 is 0 Å². The normalized spacial score (nSPS) is 10.8. The van der Waals surface area contributed by atoms with Crippen LogP contribution in [0.5, 0.6) is 5.75 Å². The van der Waals surface area contributed by atoms with E-state index in [1.165, 1.54) is 11.1 Å². The van der Waals surface area contributed by atoms with E-state index < -0.39 is 0 Å².